The van der Waals surface area contributed by atoms with Crippen molar-refractivity contribution < 1.29 is 39.1 Å². The molecule has 1 aliphatic rings. The van der Waals surface area contributed by atoms with E-state index in [-0.39, 0.29) is 11.3 Å². The number of hydrogen-bond donors (Lipinski definition) is 4. The summed E-state index contributed by atoms with van der Waals surface area (Å²) in [7, 11) is 1.24. The molecule has 9 nitrogen and oxygen atoms in total. The number of amides is 1. The number of hydrogen-bond acceptors (Lipinski definition) is 8. The predicted octanol–water partition coefficient (Wildman–Crippen LogP) is -0.0511. The third-order valence-corrected chi connectivity index (χ3v) is 4.77. The molecule has 1 heterocycles. The van der Waals surface area contributed by atoms with Gasteiger partial charge >= 0.3 is 5.97 Å². The summed E-state index contributed by atoms with van der Waals surface area (Å²) in [6.07, 6.45) is -5.34. The number of ether oxygens (including phenoxy) is 3. The van der Waals surface area contributed by atoms with Crippen LogP contribution in [0.15, 0.2) is 36.4 Å². The zero-order valence-electron chi connectivity index (χ0n) is 15.9. The van der Waals surface area contributed by atoms with Gasteiger partial charge in [-0.05, 0) is 11.5 Å². The van der Waals surface area contributed by atoms with Crippen molar-refractivity contribution in [3.8, 4) is 5.75 Å². The highest BCUT2D eigenvalue weighted by atomic mass is 16.7. The predicted molar refractivity (Wildman–Crippen MR) is 101 cm³/mol. The minimum absolute atomic E-state index is 0.123. The normalized spacial score (nSPS) is 26.7. The van der Waals surface area contributed by atoms with E-state index < -0.39 is 49.1 Å². The molecule has 0 unspecified atom stereocenters. The van der Waals surface area contributed by atoms with Crippen molar-refractivity contribution in [3.05, 3.63) is 42.0 Å². The maximum Gasteiger partial charge on any atom is 0.341 e. The Balaban J connectivity index is 2.06. The van der Waals surface area contributed by atoms with E-state index in [1.54, 1.807) is 18.2 Å². The number of benzene rings is 2. The van der Waals surface area contributed by atoms with Gasteiger partial charge in [-0.1, -0.05) is 30.3 Å². The first-order valence-corrected chi connectivity index (χ1v) is 9.03. The van der Waals surface area contributed by atoms with Crippen LogP contribution >= 0.6 is 0 Å². The molecule has 0 aliphatic carbocycles. The second-order valence-corrected chi connectivity index (χ2v) is 6.71. The van der Waals surface area contributed by atoms with Crippen molar-refractivity contribution in [2.24, 2.45) is 0 Å². The molecular weight excluding hydrogens is 382 g/mol. The summed E-state index contributed by atoms with van der Waals surface area (Å²) >= 11 is 0. The minimum atomic E-state index is -1.47. The van der Waals surface area contributed by atoms with Gasteiger partial charge in [0.1, 0.15) is 35.7 Å². The summed E-state index contributed by atoms with van der Waals surface area (Å²) in [6, 6.07) is 9.27. The summed E-state index contributed by atoms with van der Waals surface area (Å²) in [5.74, 6) is -0.987. The first-order valence-electron chi connectivity index (χ1n) is 9.03. The second kappa shape index (κ2) is 8.75. The Bertz CT molecular complexity index is 901. The van der Waals surface area contributed by atoms with Gasteiger partial charge in [-0.25, -0.2) is 4.79 Å². The zero-order valence-corrected chi connectivity index (χ0v) is 15.9. The smallest absolute Gasteiger partial charge is 0.341 e. The monoisotopic (exact) mass is 405 g/mol. The van der Waals surface area contributed by atoms with Crippen molar-refractivity contribution in [3.63, 3.8) is 0 Å². The fourth-order valence-corrected chi connectivity index (χ4v) is 3.33. The van der Waals surface area contributed by atoms with E-state index in [0.29, 0.717) is 5.39 Å². The summed E-state index contributed by atoms with van der Waals surface area (Å²) in [6.45, 7) is 0.663. The summed E-state index contributed by atoms with van der Waals surface area (Å²) in [5, 5.41) is 33.9. The standard InChI is InChI=1S/C20H23NO8/c1-10(23)21-15-17(25)16(24)14(9-22)28-20(15)29-18-12-6-4-3-5-11(12)7-8-13(18)19(26)27-2/h3-8,14-17,20,22,24-25H,9H2,1-2H3,(H,21,23)/t14-,15-,16+,17-,20+/m1/s1. The number of aliphatic hydroxyl groups excluding tert-OH is 3. The van der Waals surface area contributed by atoms with Gasteiger partial charge in [0.15, 0.2) is 0 Å². The van der Waals surface area contributed by atoms with Crippen molar-refractivity contribution in [2.45, 2.75) is 37.6 Å². The van der Waals surface area contributed by atoms with Crippen LogP contribution in [-0.4, -0.2) is 71.6 Å². The van der Waals surface area contributed by atoms with E-state index in [9.17, 15) is 24.9 Å². The van der Waals surface area contributed by atoms with Gasteiger partial charge in [0, 0.05) is 12.3 Å². The Morgan fingerprint density at radius 2 is 1.86 bits per heavy atom. The second-order valence-electron chi connectivity index (χ2n) is 6.71. The fraction of sp³-hybridized carbons (Fsp3) is 0.400. The molecule has 1 amide bonds. The molecule has 29 heavy (non-hydrogen) atoms. The van der Waals surface area contributed by atoms with Crippen LogP contribution in [0.1, 0.15) is 17.3 Å². The van der Waals surface area contributed by atoms with Gasteiger partial charge in [-0.15, -0.1) is 0 Å². The van der Waals surface area contributed by atoms with E-state index in [4.69, 9.17) is 14.2 Å². The number of carbonyl (C=O) groups is 2. The van der Waals surface area contributed by atoms with Crippen molar-refractivity contribution in [2.75, 3.05) is 13.7 Å². The van der Waals surface area contributed by atoms with Gasteiger partial charge in [-0.3, -0.25) is 4.79 Å². The van der Waals surface area contributed by atoms with Crippen molar-refractivity contribution >= 4 is 22.6 Å². The molecule has 1 fully saturated rings. The molecule has 2 aromatic carbocycles. The Hall–Kier alpha value is -2.72. The maximum absolute atomic E-state index is 12.3. The molecule has 9 heteroatoms. The number of carbonyl (C=O) groups excluding carboxylic acids is 2. The number of aliphatic hydroxyl groups is 3. The number of esters is 1. The van der Waals surface area contributed by atoms with Crippen LogP contribution in [0.4, 0.5) is 0 Å². The molecule has 4 N–H and O–H groups in total. The largest absolute Gasteiger partial charge is 0.465 e. The van der Waals surface area contributed by atoms with Gasteiger partial charge in [0.25, 0.3) is 0 Å². The number of rotatable bonds is 5. The molecule has 0 saturated carbocycles. The number of methoxy groups -OCH3 is 1. The van der Waals surface area contributed by atoms with Crippen LogP contribution in [0.5, 0.6) is 5.75 Å². The number of nitrogens with one attached hydrogen (secondary N) is 1. The molecule has 1 aliphatic heterocycles. The highest BCUT2D eigenvalue weighted by Gasteiger charge is 2.46. The molecular formula is C20H23NO8. The fourth-order valence-electron chi connectivity index (χ4n) is 3.33. The third kappa shape index (κ3) is 4.18. The average Bonchev–Trinajstić information content (AvgIpc) is 2.72. The molecule has 5 atom stereocenters. The Morgan fingerprint density at radius 3 is 2.52 bits per heavy atom. The SMILES string of the molecule is COC(=O)c1ccc2ccccc2c1O[C@@H]1O[C@H](CO)[C@H](O)[C@H](O)[C@H]1NC(C)=O. The van der Waals surface area contributed by atoms with E-state index in [1.165, 1.54) is 20.1 Å². The van der Waals surface area contributed by atoms with Crippen LogP contribution in [-0.2, 0) is 14.3 Å². The van der Waals surface area contributed by atoms with Crippen LogP contribution in [0, 0.1) is 0 Å². The van der Waals surface area contributed by atoms with Gasteiger partial charge in [-0.2, -0.15) is 0 Å². The lowest BCUT2D eigenvalue weighted by Crippen LogP contribution is -2.65. The molecule has 1 saturated heterocycles. The molecule has 3 rings (SSSR count). The molecule has 0 radical (unpaired) electrons. The highest BCUT2D eigenvalue weighted by molar-refractivity contribution is 6.01. The number of fused-ring (bicyclic) bond motifs is 1. The van der Waals surface area contributed by atoms with Gasteiger partial charge < -0.3 is 34.8 Å². The van der Waals surface area contributed by atoms with Gasteiger partial charge in [0.2, 0.25) is 12.2 Å². The van der Waals surface area contributed by atoms with E-state index >= 15 is 0 Å². The molecule has 0 bridgehead atoms. The lowest BCUT2D eigenvalue weighted by atomic mass is 9.96. The van der Waals surface area contributed by atoms with Crippen molar-refractivity contribution in [1.29, 1.82) is 0 Å². The summed E-state index contributed by atoms with van der Waals surface area (Å²) in [5.41, 5.74) is 0.123. The van der Waals surface area contributed by atoms with Crippen LogP contribution < -0.4 is 10.1 Å². The van der Waals surface area contributed by atoms with Crippen LogP contribution in [0.3, 0.4) is 0 Å². The first kappa shape index (κ1) is 21.0. The lowest BCUT2D eigenvalue weighted by Gasteiger charge is -2.42. The summed E-state index contributed by atoms with van der Waals surface area (Å²) in [4.78, 5) is 23.9. The lowest BCUT2D eigenvalue weighted by molar-refractivity contribution is -0.244. The third-order valence-electron chi connectivity index (χ3n) is 4.77. The topological polar surface area (TPSA) is 135 Å². The Kier molecular flexibility index (Phi) is 6.33. The quantitative estimate of drug-likeness (QED) is 0.509. The molecule has 2 aromatic rings. The Morgan fingerprint density at radius 1 is 1.14 bits per heavy atom. The van der Waals surface area contributed by atoms with Crippen LogP contribution in [0.2, 0.25) is 0 Å². The van der Waals surface area contributed by atoms with Crippen LogP contribution in [0.25, 0.3) is 10.8 Å². The average molecular weight is 405 g/mol. The summed E-state index contributed by atoms with van der Waals surface area (Å²) < 4.78 is 16.4. The highest BCUT2D eigenvalue weighted by Crippen LogP contribution is 2.33. The van der Waals surface area contributed by atoms with E-state index in [1.807, 2.05) is 12.1 Å². The maximum atomic E-state index is 12.3. The first-order chi connectivity index (χ1) is 13.9. The van der Waals surface area contributed by atoms with Gasteiger partial charge in [0.05, 0.1) is 13.7 Å². The molecule has 0 spiro atoms. The minimum Gasteiger partial charge on any atom is -0.465 e. The zero-order chi connectivity index (χ0) is 21.1. The van der Waals surface area contributed by atoms with Crippen molar-refractivity contribution in [1.82, 2.24) is 5.32 Å². The molecule has 0 aromatic heterocycles. The molecule has 156 valence electrons. The van der Waals surface area contributed by atoms with E-state index in [0.717, 1.165) is 5.39 Å². The van der Waals surface area contributed by atoms with E-state index in [2.05, 4.69) is 5.32 Å². The Labute approximate surface area is 166 Å².